The quantitative estimate of drug-likeness (QED) is 0.877. The number of hydrogen-bond acceptors (Lipinski definition) is 6. The predicted molar refractivity (Wildman–Crippen MR) is 80.5 cm³/mol. The summed E-state index contributed by atoms with van der Waals surface area (Å²) < 4.78 is 15.7. The summed E-state index contributed by atoms with van der Waals surface area (Å²) in [6, 6.07) is 1.61. The molecule has 1 N–H and O–H groups in total. The van der Waals surface area contributed by atoms with E-state index in [9.17, 15) is 4.79 Å². The zero-order chi connectivity index (χ0) is 16.1. The first-order valence-corrected chi connectivity index (χ1v) is 7.91. The number of rotatable bonds is 6. The van der Waals surface area contributed by atoms with E-state index in [-0.39, 0.29) is 17.9 Å². The highest BCUT2D eigenvalue weighted by Gasteiger charge is 2.31. The highest BCUT2D eigenvalue weighted by molar-refractivity contribution is 5.76. The van der Waals surface area contributed by atoms with Crippen molar-refractivity contribution in [1.29, 1.82) is 0 Å². The third kappa shape index (κ3) is 4.19. The molecule has 124 valence electrons. The standard InChI is InChI=1S/C16H21N3O4/c1-11-17-16(23-19-11)15(13-5-8-21-9-6-13)18-14(20)3-2-12-4-7-22-10-12/h4,7,10,13,15H,2-3,5-6,8-9H2,1H3,(H,18,20). The Hall–Kier alpha value is -2.15. The summed E-state index contributed by atoms with van der Waals surface area (Å²) >= 11 is 0. The third-order valence-electron chi connectivity index (χ3n) is 4.08. The Morgan fingerprint density at radius 3 is 2.91 bits per heavy atom. The fourth-order valence-electron chi connectivity index (χ4n) is 2.81. The van der Waals surface area contributed by atoms with E-state index in [1.165, 1.54) is 0 Å². The Bertz CT molecular complexity index is 617. The lowest BCUT2D eigenvalue weighted by Crippen LogP contribution is -2.36. The molecule has 1 fully saturated rings. The lowest BCUT2D eigenvalue weighted by atomic mass is 9.91. The molecule has 7 heteroatoms. The molecule has 0 bridgehead atoms. The van der Waals surface area contributed by atoms with E-state index in [1.807, 2.05) is 6.07 Å². The van der Waals surface area contributed by atoms with Crippen LogP contribution in [0, 0.1) is 12.8 Å². The number of hydrogen-bond donors (Lipinski definition) is 1. The van der Waals surface area contributed by atoms with Crippen molar-refractivity contribution in [1.82, 2.24) is 15.5 Å². The lowest BCUT2D eigenvalue weighted by molar-refractivity contribution is -0.122. The van der Waals surface area contributed by atoms with E-state index in [4.69, 9.17) is 13.7 Å². The fraction of sp³-hybridized carbons (Fsp3) is 0.562. The summed E-state index contributed by atoms with van der Waals surface area (Å²) in [6.45, 7) is 3.16. The number of aromatic nitrogens is 2. The summed E-state index contributed by atoms with van der Waals surface area (Å²) in [4.78, 5) is 16.6. The van der Waals surface area contributed by atoms with E-state index < -0.39 is 0 Å². The van der Waals surface area contributed by atoms with Gasteiger partial charge in [0.05, 0.1) is 12.5 Å². The Kier molecular flexibility index (Phi) is 5.07. The van der Waals surface area contributed by atoms with Crippen molar-refractivity contribution in [2.24, 2.45) is 5.92 Å². The normalized spacial score (nSPS) is 17.1. The molecule has 0 aromatic carbocycles. The number of amides is 1. The van der Waals surface area contributed by atoms with Gasteiger partial charge < -0.3 is 19.0 Å². The van der Waals surface area contributed by atoms with Crippen molar-refractivity contribution in [3.63, 3.8) is 0 Å². The summed E-state index contributed by atoms with van der Waals surface area (Å²) in [5.41, 5.74) is 1.01. The number of carbonyl (C=O) groups is 1. The highest BCUT2D eigenvalue weighted by atomic mass is 16.5. The van der Waals surface area contributed by atoms with Crippen molar-refractivity contribution in [3.05, 3.63) is 35.9 Å². The average molecular weight is 319 g/mol. The number of nitrogens with zero attached hydrogens (tertiary/aromatic N) is 2. The monoisotopic (exact) mass is 319 g/mol. The zero-order valence-corrected chi connectivity index (χ0v) is 13.2. The van der Waals surface area contributed by atoms with Gasteiger partial charge in [0, 0.05) is 19.6 Å². The Morgan fingerprint density at radius 1 is 1.43 bits per heavy atom. The Balaban J connectivity index is 1.64. The van der Waals surface area contributed by atoms with E-state index in [0.717, 1.165) is 18.4 Å². The maximum atomic E-state index is 12.3. The van der Waals surface area contributed by atoms with Crippen LogP contribution in [-0.4, -0.2) is 29.3 Å². The van der Waals surface area contributed by atoms with Crippen LogP contribution in [-0.2, 0) is 16.0 Å². The summed E-state index contributed by atoms with van der Waals surface area (Å²) in [5.74, 6) is 1.27. The molecule has 7 nitrogen and oxygen atoms in total. The van der Waals surface area contributed by atoms with Gasteiger partial charge >= 0.3 is 0 Å². The molecule has 1 amide bonds. The molecule has 1 aliphatic rings. The first kappa shape index (κ1) is 15.7. The molecule has 3 rings (SSSR count). The van der Waals surface area contributed by atoms with Crippen LogP contribution in [0.4, 0.5) is 0 Å². The first-order chi connectivity index (χ1) is 11.2. The van der Waals surface area contributed by atoms with Gasteiger partial charge in [0.1, 0.15) is 6.04 Å². The summed E-state index contributed by atoms with van der Waals surface area (Å²) in [6.07, 6.45) is 6.05. The van der Waals surface area contributed by atoms with Gasteiger partial charge in [-0.2, -0.15) is 4.98 Å². The minimum absolute atomic E-state index is 0.0291. The molecule has 23 heavy (non-hydrogen) atoms. The Morgan fingerprint density at radius 2 is 2.26 bits per heavy atom. The van der Waals surface area contributed by atoms with Crippen LogP contribution in [0.25, 0.3) is 0 Å². The second-order valence-electron chi connectivity index (χ2n) is 5.81. The van der Waals surface area contributed by atoms with Crippen LogP contribution in [0.5, 0.6) is 0 Å². The summed E-state index contributed by atoms with van der Waals surface area (Å²) in [7, 11) is 0. The molecule has 3 heterocycles. The molecule has 1 saturated heterocycles. The minimum atomic E-state index is -0.253. The largest absolute Gasteiger partial charge is 0.472 e. The van der Waals surface area contributed by atoms with E-state index >= 15 is 0 Å². The molecule has 2 aromatic heterocycles. The maximum absolute atomic E-state index is 12.3. The smallest absolute Gasteiger partial charge is 0.249 e. The van der Waals surface area contributed by atoms with Gasteiger partial charge in [0.25, 0.3) is 0 Å². The van der Waals surface area contributed by atoms with Crippen LogP contribution >= 0.6 is 0 Å². The van der Waals surface area contributed by atoms with Gasteiger partial charge in [-0.15, -0.1) is 0 Å². The van der Waals surface area contributed by atoms with Crippen LogP contribution in [0.3, 0.4) is 0 Å². The second-order valence-corrected chi connectivity index (χ2v) is 5.81. The molecule has 0 saturated carbocycles. The lowest BCUT2D eigenvalue weighted by Gasteiger charge is -2.28. The highest BCUT2D eigenvalue weighted by Crippen LogP contribution is 2.29. The number of aryl methyl sites for hydroxylation is 2. The molecule has 0 aliphatic carbocycles. The van der Waals surface area contributed by atoms with Gasteiger partial charge in [-0.1, -0.05) is 5.16 Å². The molecule has 1 aliphatic heterocycles. The van der Waals surface area contributed by atoms with Crippen LogP contribution in [0.15, 0.2) is 27.5 Å². The third-order valence-corrected chi connectivity index (χ3v) is 4.08. The van der Waals surface area contributed by atoms with Crippen LogP contribution in [0.2, 0.25) is 0 Å². The van der Waals surface area contributed by atoms with Crippen molar-refractivity contribution >= 4 is 5.91 Å². The van der Waals surface area contributed by atoms with Crippen molar-refractivity contribution < 1.29 is 18.5 Å². The number of furan rings is 1. The first-order valence-electron chi connectivity index (χ1n) is 7.91. The van der Waals surface area contributed by atoms with Gasteiger partial charge in [0.2, 0.25) is 11.8 Å². The van der Waals surface area contributed by atoms with Crippen molar-refractivity contribution in [3.8, 4) is 0 Å². The van der Waals surface area contributed by atoms with Crippen molar-refractivity contribution in [2.75, 3.05) is 13.2 Å². The SMILES string of the molecule is Cc1noc(C(NC(=O)CCc2ccoc2)C2CCOCC2)n1. The molecule has 1 atom stereocenters. The molecular weight excluding hydrogens is 298 g/mol. The van der Waals surface area contributed by atoms with E-state index in [1.54, 1.807) is 19.5 Å². The van der Waals surface area contributed by atoms with Gasteiger partial charge in [0.15, 0.2) is 5.82 Å². The van der Waals surface area contributed by atoms with E-state index in [0.29, 0.717) is 37.8 Å². The number of nitrogens with one attached hydrogen (secondary N) is 1. The summed E-state index contributed by atoms with van der Waals surface area (Å²) in [5, 5.41) is 6.90. The molecular formula is C16H21N3O4. The molecule has 0 spiro atoms. The predicted octanol–water partition coefficient (Wildman–Crippen LogP) is 2.19. The van der Waals surface area contributed by atoms with Crippen LogP contribution < -0.4 is 5.32 Å². The van der Waals surface area contributed by atoms with Gasteiger partial charge in [-0.3, -0.25) is 4.79 Å². The fourth-order valence-corrected chi connectivity index (χ4v) is 2.81. The van der Waals surface area contributed by atoms with E-state index in [2.05, 4.69) is 15.5 Å². The zero-order valence-electron chi connectivity index (χ0n) is 13.2. The van der Waals surface area contributed by atoms with Gasteiger partial charge in [-0.25, -0.2) is 0 Å². The number of carbonyl (C=O) groups excluding carboxylic acids is 1. The molecule has 1 unspecified atom stereocenters. The van der Waals surface area contributed by atoms with Gasteiger partial charge in [-0.05, 0) is 43.7 Å². The second kappa shape index (κ2) is 7.41. The minimum Gasteiger partial charge on any atom is -0.472 e. The maximum Gasteiger partial charge on any atom is 0.249 e. The molecule has 2 aromatic rings. The topological polar surface area (TPSA) is 90.4 Å². The molecule has 0 radical (unpaired) electrons. The average Bonchev–Trinajstić information content (AvgIpc) is 3.23. The van der Waals surface area contributed by atoms with Crippen LogP contribution in [0.1, 0.15) is 42.6 Å². The Labute approximate surface area is 134 Å². The van der Waals surface area contributed by atoms with Crippen molar-refractivity contribution in [2.45, 2.75) is 38.6 Å². The number of ether oxygens (including phenoxy) is 1.